The predicted octanol–water partition coefficient (Wildman–Crippen LogP) is 3.42. The molecule has 0 spiro atoms. The molecule has 5 heteroatoms. The third kappa shape index (κ3) is 2.81. The third-order valence-corrected chi connectivity index (χ3v) is 3.25. The van der Waals surface area contributed by atoms with Crippen LogP contribution in [0.2, 0.25) is 0 Å². The van der Waals surface area contributed by atoms with Gasteiger partial charge < -0.3 is 16.2 Å². The lowest BCUT2D eigenvalue weighted by Crippen LogP contribution is -1.92. The number of aromatic nitrogens is 2. The lowest BCUT2D eigenvalue weighted by atomic mass is 10.1. The summed E-state index contributed by atoms with van der Waals surface area (Å²) in [6.45, 7) is 1.92. The molecule has 0 fully saturated rings. The minimum absolute atomic E-state index is 0.250. The topological polar surface area (TPSA) is 87.0 Å². The summed E-state index contributed by atoms with van der Waals surface area (Å²) >= 11 is 0. The first-order valence-electron chi connectivity index (χ1n) is 6.60. The van der Waals surface area contributed by atoms with Crippen LogP contribution in [0.5, 0.6) is 5.75 Å². The van der Waals surface area contributed by atoms with Crippen molar-refractivity contribution in [3.8, 4) is 17.0 Å². The minimum Gasteiger partial charge on any atom is -0.508 e. The molecule has 5 N–H and O–H groups in total. The first kappa shape index (κ1) is 13.1. The first-order valence-corrected chi connectivity index (χ1v) is 6.60. The summed E-state index contributed by atoms with van der Waals surface area (Å²) in [6.07, 6.45) is 0. The molecule has 0 saturated heterocycles. The molecule has 0 bridgehead atoms. The number of nitrogens with two attached hydrogens (primary N) is 1. The molecule has 3 rings (SSSR count). The van der Waals surface area contributed by atoms with Crippen LogP contribution in [0.1, 0.15) is 5.56 Å². The molecular weight excluding hydrogens is 264 g/mol. The number of nitrogen functional groups attached to an aromatic ring is 1. The molecule has 0 aliphatic heterocycles. The van der Waals surface area contributed by atoms with Crippen LogP contribution in [-0.4, -0.2) is 15.3 Å². The highest BCUT2D eigenvalue weighted by molar-refractivity contribution is 5.69. The number of H-pyrrole nitrogens is 1. The van der Waals surface area contributed by atoms with E-state index in [2.05, 4.69) is 15.5 Å². The summed E-state index contributed by atoms with van der Waals surface area (Å²) in [5.74, 6) is 0.960. The van der Waals surface area contributed by atoms with Gasteiger partial charge in [0, 0.05) is 23.0 Å². The van der Waals surface area contributed by atoms with E-state index in [-0.39, 0.29) is 5.75 Å². The first-order chi connectivity index (χ1) is 10.1. The molecule has 5 nitrogen and oxygen atoms in total. The summed E-state index contributed by atoms with van der Waals surface area (Å²) in [5.41, 5.74) is 10.2. The highest BCUT2D eigenvalue weighted by Crippen LogP contribution is 2.26. The van der Waals surface area contributed by atoms with Crippen LogP contribution in [0.25, 0.3) is 11.3 Å². The van der Waals surface area contributed by atoms with Gasteiger partial charge in [-0.15, -0.1) is 0 Å². The Labute approximate surface area is 122 Å². The summed E-state index contributed by atoms with van der Waals surface area (Å²) in [7, 11) is 0. The van der Waals surface area contributed by atoms with Crippen LogP contribution in [-0.2, 0) is 0 Å². The number of nitrogens with zero attached hydrogens (tertiary/aromatic N) is 1. The fourth-order valence-electron chi connectivity index (χ4n) is 2.17. The number of rotatable bonds is 3. The Morgan fingerprint density at radius 3 is 2.76 bits per heavy atom. The van der Waals surface area contributed by atoms with Gasteiger partial charge in [-0.3, -0.25) is 5.10 Å². The molecule has 0 atom stereocenters. The quantitative estimate of drug-likeness (QED) is 0.437. The molecular formula is C16H16N4O. The van der Waals surface area contributed by atoms with Crippen molar-refractivity contribution in [2.24, 2.45) is 0 Å². The van der Waals surface area contributed by atoms with Crippen molar-refractivity contribution >= 4 is 17.2 Å². The molecule has 0 aliphatic rings. The van der Waals surface area contributed by atoms with Crippen molar-refractivity contribution in [3.05, 3.63) is 54.1 Å². The van der Waals surface area contributed by atoms with Crippen LogP contribution in [0.15, 0.2) is 48.5 Å². The van der Waals surface area contributed by atoms with E-state index in [0.717, 1.165) is 22.5 Å². The Morgan fingerprint density at radius 1 is 1.14 bits per heavy atom. The highest BCUT2D eigenvalue weighted by Gasteiger charge is 2.06. The van der Waals surface area contributed by atoms with Gasteiger partial charge in [-0.25, -0.2) is 0 Å². The Morgan fingerprint density at radius 2 is 2.00 bits per heavy atom. The molecule has 0 radical (unpaired) electrons. The van der Waals surface area contributed by atoms with Gasteiger partial charge in [0.25, 0.3) is 0 Å². The number of aromatic amines is 1. The van der Waals surface area contributed by atoms with Crippen molar-refractivity contribution in [3.63, 3.8) is 0 Å². The van der Waals surface area contributed by atoms with Gasteiger partial charge >= 0.3 is 0 Å². The van der Waals surface area contributed by atoms with E-state index in [9.17, 15) is 5.11 Å². The van der Waals surface area contributed by atoms with Crippen molar-refractivity contribution in [2.75, 3.05) is 11.1 Å². The molecule has 1 heterocycles. The van der Waals surface area contributed by atoms with E-state index in [1.54, 1.807) is 12.1 Å². The Hall–Kier alpha value is -2.95. The monoisotopic (exact) mass is 280 g/mol. The van der Waals surface area contributed by atoms with E-state index < -0.39 is 0 Å². The number of phenolic OH excluding ortho intramolecular Hbond substituents is 1. The SMILES string of the molecule is Cc1cc(O)ccc1Nc1cc(-c2cccc(N)c2)[nH]n1. The maximum atomic E-state index is 9.42. The number of benzene rings is 2. The number of hydrogen-bond donors (Lipinski definition) is 4. The van der Waals surface area contributed by atoms with Crippen molar-refractivity contribution in [1.82, 2.24) is 10.2 Å². The molecule has 106 valence electrons. The Kier molecular flexibility index (Phi) is 3.23. The lowest BCUT2D eigenvalue weighted by Gasteiger charge is -2.06. The molecule has 2 aromatic carbocycles. The number of hydrogen-bond acceptors (Lipinski definition) is 4. The van der Waals surface area contributed by atoms with Gasteiger partial charge in [0.2, 0.25) is 0 Å². The van der Waals surface area contributed by atoms with Gasteiger partial charge in [-0.1, -0.05) is 12.1 Å². The van der Waals surface area contributed by atoms with E-state index in [1.807, 2.05) is 43.3 Å². The number of anilines is 3. The van der Waals surface area contributed by atoms with Crippen molar-refractivity contribution in [2.45, 2.75) is 6.92 Å². The van der Waals surface area contributed by atoms with Crippen LogP contribution in [0, 0.1) is 6.92 Å². The van der Waals surface area contributed by atoms with Gasteiger partial charge in [-0.05, 0) is 42.8 Å². The minimum atomic E-state index is 0.250. The summed E-state index contributed by atoms with van der Waals surface area (Å²) in [5, 5.41) is 19.9. The third-order valence-electron chi connectivity index (χ3n) is 3.25. The standard InChI is InChI=1S/C16H16N4O/c1-10-7-13(21)5-6-14(10)18-16-9-15(19-20-16)11-3-2-4-12(17)8-11/h2-9,21H,17H2,1H3,(H2,18,19,20). The average Bonchev–Trinajstić information content (AvgIpc) is 2.91. The Balaban J connectivity index is 1.85. The van der Waals surface area contributed by atoms with E-state index >= 15 is 0 Å². The average molecular weight is 280 g/mol. The Bertz CT molecular complexity index is 779. The zero-order valence-electron chi connectivity index (χ0n) is 11.6. The molecule has 1 aromatic heterocycles. The van der Waals surface area contributed by atoms with Crippen LogP contribution in [0.3, 0.4) is 0 Å². The molecule has 21 heavy (non-hydrogen) atoms. The van der Waals surface area contributed by atoms with Gasteiger partial charge in [0.15, 0.2) is 5.82 Å². The van der Waals surface area contributed by atoms with Gasteiger partial charge in [0.1, 0.15) is 5.75 Å². The van der Waals surface area contributed by atoms with Gasteiger partial charge in [-0.2, -0.15) is 5.10 Å². The van der Waals surface area contributed by atoms with E-state index in [0.29, 0.717) is 11.5 Å². The van der Waals surface area contributed by atoms with Crippen LogP contribution < -0.4 is 11.1 Å². The number of phenols is 1. The van der Waals surface area contributed by atoms with E-state index in [4.69, 9.17) is 5.73 Å². The zero-order chi connectivity index (χ0) is 14.8. The normalized spacial score (nSPS) is 10.5. The second kappa shape index (κ2) is 5.20. The van der Waals surface area contributed by atoms with Crippen molar-refractivity contribution in [1.29, 1.82) is 0 Å². The van der Waals surface area contributed by atoms with E-state index in [1.165, 1.54) is 0 Å². The predicted molar refractivity (Wildman–Crippen MR) is 84.6 cm³/mol. The van der Waals surface area contributed by atoms with Crippen molar-refractivity contribution < 1.29 is 5.11 Å². The maximum Gasteiger partial charge on any atom is 0.152 e. The zero-order valence-corrected chi connectivity index (χ0v) is 11.6. The number of nitrogens with one attached hydrogen (secondary N) is 2. The summed E-state index contributed by atoms with van der Waals surface area (Å²) in [4.78, 5) is 0. The van der Waals surface area contributed by atoms with Crippen LogP contribution in [0.4, 0.5) is 17.2 Å². The van der Waals surface area contributed by atoms with Crippen LogP contribution >= 0.6 is 0 Å². The maximum absolute atomic E-state index is 9.42. The second-order valence-corrected chi connectivity index (χ2v) is 4.92. The fraction of sp³-hybridized carbons (Fsp3) is 0.0625. The summed E-state index contributed by atoms with van der Waals surface area (Å²) < 4.78 is 0. The van der Waals surface area contributed by atoms with Gasteiger partial charge in [0.05, 0.1) is 5.69 Å². The summed E-state index contributed by atoms with van der Waals surface area (Å²) in [6, 6.07) is 14.7. The largest absolute Gasteiger partial charge is 0.508 e. The molecule has 3 aromatic rings. The molecule has 0 saturated carbocycles. The fourth-order valence-corrected chi connectivity index (χ4v) is 2.17. The second-order valence-electron chi connectivity index (χ2n) is 4.92. The molecule has 0 amide bonds. The smallest absolute Gasteiger partial charge is 0.152 e. The number of aryl methyl sites for hydroxylation is 1. The number of aromatic hydroxyl groups is 1. The highest BCUT2D eigenvalue weighted by atomic mass is 16.3. The molecule has 0 aliphatic carbocycles. The lowest BCUT2D eigenvalue weighted by molar-refractivity contribution is 0.475. The molecule has 0 unspecified atom stereocenters.